The average molecular weight is 418 g/mol. The van der Waals surface area contributed by atoms with E-state index in [9.17, 15) is 0 Å². The van der Waals surface area contributed by atoms with E-state index in [4.69, 9.17) is 4.74 Å². The molecule has 2 nitrogen and oxygen atoms in total. The Morgan fingerprint density at radius 3 is 2.83 bits per heavy atom. The number of methoxy groups -OCH3 is 1. The topological polar surface area (TPSA) is 21.3 Å². The van der Waals surface area contributed by atoms with Crippen LogP contribution in [0.5, 0.6) is 5.75 Å². The molecule has 0 atom stereocenters. The van der Waals surface area contributed by atoms with Crippen molar-refractivity contribution < 1.29 is 4.74 Å². The lowest BCUT2D eigenvalue weighted by Gasteiger charge is -2.10. The Bertz CT molecular complexity index is 545. The van der Waals surface area contributed by atoms with E-state index in [1.807, 2.05) is 24.3 Å². The molecule has 0 bridgehead atoms. The van der Waals surface area contributed by atoms with E-state index in [0.717, 1.165) is 22.5 Å². The second-order valence-corrected chi connectivity index (χ2v) is 5.91. The Morgan fingerprint density at radius 1 is 1.22 bits per heavy atom. The van der Waals surface area contributed by atoms with Crippen LogP contribution in [0.25, 0.3) is 0 Å². The van der Waals surface area contributed by atoms with E-state index in [2.05, 4.69) is 62.0 Å². The Balaban J connectivity index is 2.08. The Labute approximate surface area is 129 Å². The van der Waals surface area contributed by atoms with Gasteiger partial charge in [-0.05, 0) is 58.5 Å². The standard InChI is InChI=1S/C14H13BrINO/c1-18-12-4-2-3-10(7-12)9-17-14-8-11(15)5-6-13(14)16/h2-8,17H,9H2,1H3. The molecule has 0 saturated heterocycles. The third kappa shape index (κ3) is 3.62. The molecule has 0 fully saturated rings. The highest BCUT2D eigenvalue weighted by atomic mass is 127. The molecule has 0 aliphatic rings. The Kier molecular flexibility index (Phi) is 4.88. The van der Waals surface area contributed by atoms with Crippen LogP contribution in [0, 0.1) is 3.57 Å². The van der Waals surface area contributed by atoms with Gasteiger partial charge in [0.25, 0.3) is 0 Å². The van der Waals surface area contributed by atoms with Crippen LogP contribution in [-0.4, -0.2) is 7.11 Å². The molecule has 0 heterocycles. The summed E-state index contributed by atoms with van der Waals surface area (Å²) >= 11 is 5.81. The van der Waals surface area contributed by atoms with Gasteiger partial charge in [-0.1, -0.05) is 28.1 Å². The van der Waals surface area contributed by atoms with Crippen molar-refractivity contribution in [1.29, 1.82) is 0 Å². The first kappa shape index (κ1) is 13.7. The van der Waals surface area contributed by atoms with Gasteiger partial charge in [0.2, 0.25) is 0 Å². The molecule has 0 radical (unpaired) electrons. The molecule has 0 aliphatic heterocycles. The van der Waals surface area contributed by atoms with Crippen molar-refractivity contribution >= 4 is 44.2 Å². The van der Waals surface area contributed by atoms with Gasteiger partial charge in [0.05, 0.1) is 7.11 Å². The predicted molar refractivity (Wildman–Crippen MR) is 87.2 cm³/mol. The van der Waals surface area contributed by atoms with E-state index in [-0.39, 0.29) is 0 Å². The van der Waals surface area contributed by atoms with Crippen LogP contribution in [0.3, 0.4) is 0 Å². The molecule has 2 aromatic rings. The lowest BCUT2D eigenvalue weighted by atomic mass is 10.2. The molecule has 18 heavy (non-hydrogen) atoms. The normalized spacial score (nSPS) is 10.2. The molecule has 0 aromatic heterocycles. The highest BCUT2D eigenvalue weighted by molar-refractivity contribution is 14.1. The highest BCUT2D eigenvalue weighted by Gasteiger charge is 2.01. The van der Waals surface area contributed by atoms with E-state index < -0.39 is 0 Å². The molecule has 1 N–H and O–H groups in total. The molecule has 2 rings (SSSR count). The number of hydrogen-bond donors (Lipinski definition) is 1. The summed E-state index contributed by atoms with van der Waals surface area (Å²) < 4.78 is 7.50. The third-order valence-electron chi connectivity index (χ3n) is 2.55. The SMILES string of the molecule is COc1cccc(CNc2cc(Br)ccc2I)c1. The zero-order valence-electron chi connectivity index (χ0n) is 9.91. The minimum absolute atomic E-state index is 0.781. The molecule has 0 unspecified atom stereocenters. The summed E-state index contributed by atoms with van der Waals surface area (Å²) in [5.41, 5.74) is 2.33. The third-order valence-corrected chi connectivity index (χ3v) is 3.98. The van der Waals surface area contributed by atoms with Crippen LogP contribution in [-0.2, 0) is 6.54 Å². The number of anilines is 1. The summed E-state index contributed by atoms with van der Waals surface area (Å²) in [5.74, 6) is 0.887. The van der Waals surface area contributed by atoms with Gasteiger partial charge < -0.3 is 10.1 Å². The van der Waals surface area contributed by atoms with Crippen molar-refractivity contribution in [2.24, 2.45) is 0 Å². The van der Waals surface area contributed by atoms with Crippen LogP contribution < -0.4 is 10.1 Å². The van der Waals surface area contributed by atoms with Gasteiger partial charge in [-0.15, -0.1) is 0 Å². The van der Waals surface area contributed by atoms with Crippen LogP contribution in [0.15, 0.2) is 46.9 Å². The van der Waals surface area contributed by atoms with Crippen molar-refractivity contribution in [1.82, 2.24) is 0 Å². The van der Waals surface area contributed by atoms with Crippen LogP contribution in [0.1, 0.15) is 5.56 Å². The zero-order chi connectivity index (χ0) is 13.0. The number of benzene rings is 2. The van der Waals surface area contributed by atoms with Crippen LogP contribution in [0.4, 0.5) is 5.69 Å². The fraction of sp³-hybridized carbons (Fsp3) is 0.143. The Morgan fingerprint density at radius 2 is 2.06 bits per heavy atom. The second-order valence-electron chi connectivity index (χ2n) is 3.83. The molecule has 0 aliphatic carbocycles. The van der Waals surface area contributed by atoms with Gasteiger partial charge in [-0.3, -0.25) is 0 Å². The molecular weight excluding hydrogens is 405 g/mol. The fourth-order valence-electron chi connectivity index (χ4n) is 1.61. The number of halogens is 2. The zero-order valence-corrected chi connectivity index (χ0v) is 13.7. The van der Waals surface area contributed by atoms with Crippen LogP contribution in [0.2, 0.25) is 0 Å². The van der Waals surface area contributed by atoms with Gasteiger partial charge >= 0.3 is 0 Å². The smallest absolute Gasteiger partial charge is 0.119 e. The largest absolute Gasteiger partial charge is 0.497 e. The molecule has 0 spiro atoms. The van der Waals surface area contributed by atoms with Crippen molar-refractivity contribution in [2.45, 2.75) is 6.54 Å². The number of nitrogens with one attached hydrogen (secondary N) is 1. The quantitative estimate of drug-likeness (QED) is 0.729. The Hall–Kier alpha value is -0.750. The summed E-state index contributed by atoms with van der Waals surface area (Å²) in [6.45, 7) is 0.781. The van der Waals surface area contributed by atoms with Crippen molar-refractivity contribution in [3.63, 3.8) is 0 Å². The van der Waals surface area contributed by atoms with Gasteiger partial charge in [0.15, 0.2) is 0 Å². The maximum absolute atomic E-state index is 5.21. The average Bonchev–Trinajstić information content (AvgIpc) is 2.40. The lowest BCUT2D eigenvalue weighted by molar-refractivity contribution is 0.414. The number of rotatable bonds is 4. The van der Waals surface area contributed by atoms with Gasteiger partial charge in [0.1, 0.15) is 5.75 Å². The van der Waals surface area contributed by atoms with Crippen LogP contribution >= 0.6 is 38.5 Å². The van der Waals surface area contributed by atoms with E-state index in [1.165, 1.54) is 9.13 Å². The number of hydrogen-bond acceptors (Lipinski definition) is 2. The lowest BCUT2D eigenvalue weighted by Crippen LogP contribution is -2.01. The summed E-state index contributed by atoms with van der Waals surface area (Å²) in [6.07, 6.45) is 0. The first-order valence-electron chi connectivity index (χ1n) is 5.51. The molecule has 2 aromatic carbocycles. The first-order chi connectivity index (χ1) is 8.69. The van der Waals surface area contributed by atoms with Crippen molar-refractivity contribution in [3.8, 4) is 5.75 Å². The van der Waals surface area contributed by atoms with E-state index in [0.29, 0.717) is 0 Å². The highest BCUT2D eigenvalue weighted by Crippen LogP contribution is 2.23. The fourth-order valence-corrected chi connectivity index (χ4v) is 2.50. The summed E-state index contributed by atoms with van der Waals surface area (Å²) in [4.78, 5) is 0. The summed E-state index contributed by atoms with van der Waals surface area (Å²) in [5, 5.41) is 3.43. The van der Waals surface area contributed by atoms with Gasteiger partial charge in [-0.2, -0.15) is 0 Å². The van der Waals surface area contributed by atoms with Crippen molar-refractivity contribution in [3.05, 3.63) is 56.1 Å². The predicted octanol–water partition coefficient (Wildman–Crippen LogP) is 4.67. The maximum Gasteiger partial charge on any atom is 0.119 e. The summed E-state index contributed by atoms with van der Waals surface area (Å²) in [7, 11) is 1.68. The summed E-state index contributed by atoms with van der Waals surface area (Å²) in [6, 6.07) is 14.3. The maximum atomic E-state index is 5.21. The van der Waals surface area contributed by atoms with Gasteiger partial charge in [0, 0.05) is 20.3 Å². The number of ether oxygens (including phenoxy) is 1. The minimum atomic E-state index is 0.781. The first-order valence-corrected chi connectivity index (χ1v) is 7.38. The van der Waals surface area contributed by atoms with E-state index in [1.54, 1.807) is 7.11 Å². The van der Waals surface area contributed by atoms with Gasteiger partial charge in [-0.25, -0.2) is 0 Å². The van der Waals surface area contributed by atoms with E-state index >= 15 is 0 Å². The molecule has 0 saturated carbocycles. The van der Waals surface area contributed by atoms with Crippen molar-refractivity contribution in [2.75, 3.05) is 12.4 Å². The monoisotopic (exact) mass is 417 g/mol. The minimum Gasteiger partial charge on any atom is -0.497 e. The molecule has 4 heteroatoms. The second kappa shape index (κ2) is 6.43. The molecule has 0 amide bonds. The molecular formula is C14H13BrINO. The molecule has 94 valence electrons.